The van der Waals surface area contributed by atoms with E-state index in [1.165, 1.54) is 0 Å². The van der Waals surface area contributed by atoms with Gasteiger partial charge in [0.25, 0.3) is 5.91 Å². The minimum Gasteiger partial charge on any atom is -0.383 e. The zero-order valence-electron chi connectivity index (χ0n) is 15.7. The molecule has 1 heterocycles. The second kappa shape index (κ2) is 9.30. The minimum absolute atomic E-state index is 0.267. The minimum atomic E-state index is -0.320. The summed E-state index contributed by atoms with van der Waals surface area (Å²) in [6.45, 7) is 2.98. The Kier molecular flexibility index (Phi) is 6.57. The Morgan fingerprint density at radius 1 is 1.11 bits per heavy atom. The lowest BCUT2D eigenvalue weighted by Crippen LogP contribution is -2.17. The smallest absolute Gasteiger partial charge is 0.274 e. The summed E-state index contributed by atoms with van der Waals surface area (Å²) in [5.74, 6) is 0.713. The van der Waals surface area contributed by atoms with Crippen molar-refractivity contribution in [3.05, 3.63) is 70.9 Å². The van der Waals surface area contributed by atoms with E-state index in [1.807, 2.05) is 37.3 Å². The lowest BCUT2D eigenvalue weighted by Gasteiger charge is -2.12. The number of methoxy groups -OCH3 is 1. The fourth-order valence-corrected chi connectivity index (χ4v) is 2.83. The predicted molar refractivity (Wildman–Crippen MR) is 112 cm³/mol. The molecule has 0 unspecified atom stereocenters. The number of anilines is 2. The molecule has 1 amide bonds. The molecule has 6 nitrogen and oxygen atoms in total. The second-order valence-corrected chi connectivity index (χ2v) is 6.60. The number of hydrogen-bond acceptors (Lipinski definition) is 5. The van der Waals surface area contributed by atoms with Gasteiger partial charge in [-0.1, -0.05) is 41.9 Å². The van der Waals surface area contributed by atoms with Gasteiger partial charge in [-0.15, -0.1) is 0 Å². The first-order chi connectivity index (χ1) is 13.6. The Morgan fingerprint density at radius 2 is 1.89 bits per heavy atom. The monoisotopic (exact) mass is 396 g/mol. The summed E-state index contributed by atoms with van der Waals surface area (Å²) in [5, 5.41) is 6.67. The number of carbonyl (C=O) groups is 1. The molecular formula is C21H21ClN4O2. The van der Waals surface area contributed by atoms with Gasteiger partial charge in [0.05, 0.1) is 6.61 Å². The quantitative estimate of drug-likeness (QED) is 0.578. The first-order valence-corrected chi connectivity index (χ1v) is 9.19. The largest absolute Gasteiger partial charge is 0.383 e. The van der Waals surface area contributed by atoms with Crippen LogP contribution in [0.5, 0.6) is 0 Å². The standard InChI is InChI=1S/C21H21ClN4O2/c1-14-12-16(22)8-9-17(14)25-21(27)18-13-19(23-10-11-28-2)26-20(24-18)15-6-4-3-5-7-15/h3-9,12-13H,10-11H2,1-2H3,(H,25,27)(H,23,24,26). The van der Waals surface area contributed by atoms with Gasteiger partial charge in [-0.3, -0.25) is 4.79 Å². The highest BCUT2D eigenvalue weighted by Gasteiger charge is 2.14. The van der Waals surface area contributed by atoms with Crippen LogP contribution in [0.2, 0.25) is 5.02 Å². The number of hydrogen-bond donors (Lipinski definition) is 2. The molecule has 1 aromatic heterocycles. The molecule has 0 spiro atoms. The Morgan fingerprint density at radius 3 is 2.61 bits per heavy atom. The average Bonchev–Trinajstić information content (AvgIpc) is 2.71. The summed E-state index contributed by atoms with van der Waals surface area (Å²) >= 11 is 5.99. The molecule has 3 rings (SSSR count). The van der Waals surface area contributed by atoms with E-state index in [0.29, 0.717) is 35.5 Å². The highest BCUT2D eigenvalue weighted by atomic mass is 35.5. The number of benzene rings is 2. The van der Waals surface area contributed by atoms with Crippen LogP contribution in [0.4, 0.5) is 11.5 Å². The molecule has 2 aromatic carbocycles. The van der Waals surface area contributed by atoms with E-state index in [2.05, 4.69) is 20.6 Å². The molecule has 0 bridgehead atoms. The topological polar surface area (TPSA) is 76.1 Å². The third-order valence-corrected chi connectivity index (χ3v) is 4.27. The van der Waals surface area contributed by atoms with E-state index in [9.17, 15) is 4.79 Å². The number of aryl methyl sites for hydroxylation is 1. The Balaban J connectivity index is 1.91. The highest BCUT2D eigenvalue weighted by molar-refractivity contribution is 6.30. The van der Waals surface area contributed by atoms with Gasteiger partial charge < -0.3 is 15.4 Å². The summed E-state index contributed by atoms with van der Waals surface area (Å²) < 4.78 is 5.06. The summed E-state index contributed by atoms with van der Waals surface area (Å²) in [5.41, 5.74) is 2.65. The molecule has 0 saturated carbocycles. The number of rotatable bonds is 7. The van der Waals surface area contributed by atoms with Crippen LogP contribution in [0.15, 0.2) is 54.6 Å². The maximum absolute atomic E-state index is 12.8. The maximum Gasteiger partial charge on any atom is 0.274 e. The van der Waals surface area contributed by atoms with Crippen molar-refractivity contribution >= 4 is 29.0 Å². The number of carbonyl (C=O) groups excluding carboxylic acids is 1. The van der Waals surface area contributed by atoms with Crippen LogP contribution in [-0.4, -0.2) is 36.1 Å². The van der Waals surface area contributed by atoms with Crippen molar-refractivity contribution < 1.29 is 9.53 Å². The van der Waals surface area contributed by atoms with Crippen LogP contribution in [0, 0.1) is 6.92 Å². The molecule has 0 aliphatic heterocycles. The van der Waals surface area contributed by atoms with Crippen LogP contribution in [0.25, 0.3) is 11.4 Å². The molecule has 144 valence electrons. The molecule has 28 heavy (non-hydrogen) atoms. The SMILES string of the molecule is COCCNc1cc(C(=O)Nc2ccc(Cl)cc2C)nc(-c2ccccc2)n1. The van der Waals surface area contributed by atoms with Crippen LogP contribution >= 0.6 is 11.6 Å². The van der Waals surface area contributed by atoms with Crippen LogP contribution in [0.1, 0.15) is 16.1 Å². The van der Waals surface area contributed by atoms with Crippen LogP contribution < -0.4 is 10.6 Å². The molecule has 7 heteroatoms. The number of amides is 1. The fourth-order valence-electron chi connectivity index (χ4n) is 2.61. The third-order valence-electron chi connectivity index (χ3n) is 4.04. The molecule has 0 radical (unpaired) electrons. The lowest BCUT2D eigenvalue weighted by atomic mass is 10.2. The summed E-state index contributed by atoms with van der Waals surface area (Å²) in [4.78, 5) is 21.8. The maximum atomic E-state index is 12.8. The van der Waals surface area contributed by atoms with Gasteiger partial charge in [-0.25, -0.2) is 9.97 Å². The van der Waals surface area contributed by atoms with Gasteiger partial charge >= 0.3 is 0 Å². The van der Waals surface area contributed by atoms with Crippen molar-refractivity contribution in [2.75, 3.05) is 30.9 Å². The summed E-state index contributed by atoms with van der Waals surface area (Å²) in [7, 11) is 1.63. The molecule has 0 aliphatic carbocycles. The Hall–Kier alpha value is -2.96. The Labute approximate surface area is 168 Å². The van der Waals surface area contributed by atoms with Gasteiger partial charge in [0.1, 0.15) is 11.5 Å². The Bertz CT molecular complexity index is 964. The number of aromatic nitrogens is 2. The predicted octanol–water partition coefficient (Wildman–Crippen LogP) is 4.42. The van der Waals surface area contributed by atoms with E-state index in [0.717, 1.165) is 11.1 Å². The molecule has 0 saturated heterocycles. The summed E-state index contributed by atoms with van der Waals surface area (Å²) in [6, 6.07) is 16.5. The number of halogens is 1. The van der Waals surface area contributed by atoms with Crippen molar-refractivity contribution in [3.63, 3.8) is 0 Å². The summed E-state index contributed by atoms with van der Waals surface area (Å²) in [6.07, 6.45) is 0. The van der Waals surface area contributed by atoms with Gasteiger partial charge in [-0.05, 0) is 30.7 Å². The number of nitrogens with one attached hydrogen (secondary N) is 2. The first kappa shape index (κ1) is 19.8. The normalized spacial score (nSPS) is 10.5. The molecule has 0 atom stereocenters. The van der Waals surface area contributed by atoms with E-state index in [1.54, 1.807) is 31.4 Å². The molecule has 0 fully saturated rings. The molecular weight excluding hydrogens is 376 g/mol. The third kappa shape index (κ3) is 5.06. The fraction of sp³-hybridized carbons (Fsp3) is 0.190. The van der Waals surface area contributed by atoms with Crippen LogP contribution in [-0.2, 0) is 4.74 Å². The van der Waals surface area contributed by atoms with Crippen LogP contribution in [0.3, 0.4) is 0 Å². The number of ether oxygens (including phenoxy) is 1. The van der Waals surface area contributed by atoms with Crippen molar-refractivity contribution in [2.45, 2.75) is 6.92 Å². The number of nitrogens with zero attached hydrogens (tertiary/aromatic N) is 2. The van der Waals surface area contributed by atoms with Gasteiger partial charge in [-0.2, -0.15) is 0 Å². The van der Waals surface area contributed by atoms with E-state index in [4.69, 9.17) is 16.3 Å². The highest BCUT2D eigenvalue weighted by Crippen LogP contribution is 2.22. The first-order valence-electron chi connectivity index (χ1n) is 8.81. The van der Waals surface area contributed by atoms with Gasteiger partial charge in [0.2, 0.25) is 0 Å². The average molecular weight is 397 g/mol. The van der Waals surface area contributed by atoms with Gasteiger partial charge in [0.15, 0.2) is 5.82 Å². The zero-order valence-corrected chi connectivity index (χ0v) is 16.5. The van der Waals surface area contributed by atoms with Crippen molar-refractivity contribution in [1.29, 1.82) is 0 Å². The molecule has 3 aromatic rings. The van der Waals surface area contributed by atoms with E-state index in [-0.39, 0.29) is 11.6 Å². The van der Waals surface area contributed by atoms with Crippen molar-refractivity contribution in [1.82, 2.24) is 9.97 Å². The van der Waals surface area contributed by atoms with Crippen molar-refractivity contribution in [2.24, 2.45) is 0 Å². The van der Waals surface area contributed by atoms with E-state index < -0.39 is 0 Å². The van der Waals surface area contributed by atoms with Crippen molar-refractivity contribution in [3.8, 4) is 11.4 Å². The second-order valence-electron chi connectivity index (χ2n) is 6.16. The molecule has 0 aliphatic rings. The molecule has 2 N–H and O–H groups in total. The van der Waals surface area contributed by atoms with Gasteiger partial charge in [0, 0.05) is 36.0 Å². The lowest BCUT2D eigenvalue weighted by molar-refractivity contribution is 0.102. The zero-order chi connectivity index (χ0) is 19.9. The van der Waals surface area contributed by atoms with E-state index >= 15 is 0 Å².